The molecule has 0 aromatic heterocycles. The highest BCUT2D eigenvalue weighted by molar-refractivity contribution is 5.79. The molecule has 2 N–H and O–H groups in total. The summed E-state index contributed by atoms with van der Waals surface area (Å²) in [5.41, 5.74) is -0.664. The van der Waals surface area contributed by atoms with Crippen LogP contribution in [0, 0.1) is 5.41 Å². The first-order chi connectivity index (χ1) is 7.85. The second-order valence-electron chi connectivity index (χ2n) is 5.28. The van der Waals surface area contributed by atoms with Gasteiger partial charge in [-0.15, -0.1) is 0 Å². The molecule has 1 aliphatic rings. The van der Waals surface area contributed by atoms with Gasteiger partial charge in [0.05, 0.1) is 12.0 Å². The summed E-state index contributed by atoms with van der Waals surface area (Å²) in [5, 5.41) is 12.2. The van der Waals surface area contributed by atoms with Crippen molar-refractivity contribution in [3.8, 4) is 0 Å². The molecule has 5 nitrogen and oxygen atoms in total. The van der Waals surface area contributed by atoms with Gasteiger partial charge in [0, 0.05) is 19.1 Å². The molecule has 0 aromatic rings. The van der Waals surface area contributed by atoms with E-state index in [2.05, 4.69) is 5.32 Å². The molecular weight excluding hydrogens is 220 g/mol. The van der Waals surface area contributed by atoms with Crippen LogP contribution in [0.4, 0.5) is 0 Å². The molecule has 98 valence electrons. The van der Waals surface area contributed by atoms with Crippen LogP contribution in [0.25, 0.3) is 0 Å². The average molecular weight is 242 g/mol. The van der Waals surface area contributed by atoms with Crippen LogP contribution in [0.5, 0.6) is 0 Å². The zero-order chi connectivity index (χ0) is 13.1. The highest BCUT2D eigenvalue weighted by atomic mass is 16.4. The minimum absolute atomic E-state index is 0.0612. The summed E-state index contributed by atoms with van der Waals surface area (Å²) in [6.07, 6.45) is 1.07. The zero-order valence-electron chi connectivity index (χ0n) is 10.8. The number of aliphatic carboxylic acids is 1. The van der Waals surface area contributed by atoms with Gasteiger partial charge in [-0.05, 0) is 19.8 Å². The van der Waals surface area contributed by atoms with Crippen molar-refractivity contribution in [3.63, 3.8) is 0 Å². The van der Waals surface area contributed by atoms with E-state index >= 15 is 0 Å². The largest absolute Gasteiger partial charge is 0.481 e. The lowest BCUT2D eigenvalue weighted by atomic mass is 9.80. The Balaban J connectivity index is 2.41. The summed E-state index contributed by atoms with van der Waals surface area (Å²) in [6, 6.07) is 0.285. The topological polar surface area (TPSA) is 69.6 Å². The molecule has 1 heterocycles. The van der Waals surface area contributed by atoms with Crippen LogP contribution in [-0.2, 0) is 9.59 Å². The van der Waals surface area contributed by atoms with Crippen LogP contribution >= 0.6 is 0 Å². The molecule has 0 bridgehead atoms. The maximum atomic E-state index is 11.8. The summed E-state index contributed by atoms with van der Waals surface area (Å²) in [4.78, 5) is 24.6. The lowest BCUT2D eigenvalue weighted by Gasteiger charge is -2.36. The van der Waals surface area contributed by atoms with Gasteiger partial charge in [-0.3, -0.25) is 9.59 Å². The molecule has 1 aliphatic heterocycles. The Morgan fingerprint density at radius 2 is 1.88 bits per heavy atom. The number of likely N-dealkylation sites (tertiary alicyclic amines) is 1. The van der Waals surface area contributed by atoms with Gasteiger partial charge in [0.25, 0.3) is 0 Å². The van der Waals surface area contributed by atoms with E-state index in [9.17, 15) is 9.59 Å². The first-order valence-corrected chi connectivity index (χ1v) is 6.10. The van der Waals surface area contributed by atoms with Crippen LogP contribution in [-0.4, -0.2) is 47.6 Å². The molecule has 0 unspecified atom stereocenters. The van der Waals surface area contributed by atoms with E-state index in [0.717, 1.165) is 0 Å². The van der Waals surface area contributed by atoms with Gasteiger partial charge in [0.2, 0.25) is 5.91 Å². The average Bonchev–Trinajstić information content (AvgIpc) is 2.26. The van der Waals surface area contributed by atoms with Crippen molar-refractivity contribution in [2.45, 2.75) is 39.7 Å². The smallest absolute Gasteiger partial charge is 0.309 e. The predicted molar refractivity (Wildman–Crippen MR) is 64.7 cm³/mol. The van der Waals surface area contributed by atoms with Crippen LogP contribution in [0.1, 0.15) is 33.6 Å². The van der Waals surface area contributed by atoms with Gasteiger partial charge in [0.15, 0.2) is 0 Å². The number of piperidine rings is 1. The molecule has 0 aliphatic carbocycles. The van der Waals surface area contributed by atoms with Gasteiger partial charge >= 0.3 is 5.97 Å². The van der Waals surface area contributed by atoms with Crippen molar-refractivity contribution in [1.29, 1.82) is 0 Å². The van der Waals surface area contributed by atoms with Crippen molar-refractivity contribution in [2.75, 3.05) is 19.6 Å². The Morgan fingerprint density at radius 3 is 2.29 bits per heavy atom. The normalized spacial score (nSPS) is 19.4. The second-order valence-corrected chi connectivity index (χ2v) is 5.28. The lowest BCUT2D eigenvalue weighted by molar-refractivity contribution is -0.152. The predicted octanol–water partition coefficient (Wildman–Crippen LogP) is 0.698. The Labute approximate surface area is 102 Å². The fourth-order valence-electron chi connectivity index (χ4n) is 1.87. The number of nitrogens with one attached hydrogen (secondary N) is 1. The van der Waals surface area contributed by atoms with Crippen molar-refractivity contribution < 1.29 is 14.7 Å². The third-order valence-corrected chi connectivity index (χ3v) is 3.40. The van der Waals surface area contributed by atoms with E-state index in [1.54, 1.807) is 11.8 Å². The minimum Gasteiger partial charge on any atom is -0.481 e. The molecule has 1 amide bonds. The van der Waals surface area contributed by atoms with Crippen molar-refractivity contribution in [1.82, 2.24) is 10.2 Å². The molecule has 17 heavy (non-hydrogen) atoms. The maximum Gasteiger partial charge on any atom is 0.309 e. The van der Waals surface area contributed by atoms with E-state index in [4.69, 9.17) is 5.11 Å². The van der Waals surface area contributed by atoms with Crippen molar-refractivity contribution in [2.24, 2.45) is 5.41 Å². The van der Waals surface area contributed by atoms with Crippen molar-refractivity contribution >= 4 is 11.9 Å². The Hall–Kier alpha value is -1.10. The Kier molecular flexibility index (Phi) is 4.51. The number of hydrogen-bond donors (Lipinski definition) is 2. The van der Waals surface area contributed by atoms with E-state index in [1.807, 2.05) is 13.8 Å². The first kappa shape index (κ1) is 14.0. The van der Waals surface area contributed by atoms with Crippen LogP contribution in [0.15, 0.2) is 0 Å². The summed E-state index contributed by atoms with van der Waals surface area (Å²) >= 11 is 0. The van der Waals surface area contributed by atoms with E-state index in [-0.39, 0.29) is 11.9 Å². The summed E-state index contributed by atoms with van der Waals surface area (Å²) in [7, 11) is 0. The summed E-state index contributed by atoms with van der Waals surface area (Å²) in [6.45, 7) is 7.16. The third-order valence-electron chi connectivity index (χ3n) is 3.40. The number of carboxylic acid groups (broad SMARTS) is 1. The Morgan fingerprint density at radius 1 is 1.35 bits per heavy atom. The van der Waals surface area contributed by atoms with Crippen LogP contribution in [0.3, 0.4) is 0 Å². The molecule has 0 saturated carbocycles. The molecule has 0 atom stereocenters. The molecular formula is C12H22N2O3. The molecule has 0 aromatic carbocycles. The number of amides is 1. The van der Waals surface area contributed by atoms with Gasteiger partial charge in [0.1, 0.15) is 0 Å². The van der Waals surface area contributed by atoms with Gasteiger partial charge in [-0.25, -0.2) is 0 Å². The summed E-state index contributed by atoms with van der Waals surface area (Å²) < 4.78 is 0. The van der Waals surface area contributed by atoms with E-state index in [1.165, 1.54) is 0 Å². The van der Waals surface area contributed by atoms with Crippen molar-refractivity contribution in [3.05, 3.63) is 0 Å². The fourth-order valence-corrected chi connectivity index (χ4v) is 1.87. The third kappa shape index (κ3) is 3.70. The standard InChI is InChI=1S/C12H22N2O3/c1-9(2)13-8-10(15)14-6-4-12(3,5-7-14)11(16)17/h9,13H,4-8H2,1-3H3,(H,16,17). The van der Waals surface area contributed by atoms with E-state index < -0.39 is 11.4 Å². The lowest BCUT2D eigenvalue weighted by Crippen LogP contribution is -2.48. The molecule has 1 rings (SSSR count). The number of carboxylic acids is 1. The number of hydrogen-bond acceptors (Lipinski definition) is 3. The number of rotatable bonds is 4. The second kappa shape index (κ2) is 5.49. The van der Waals surface area contributed by atoms with Crippen LogP contribution in [0.2, 0.25) is 0 Å². The van der Waals surface area contributed by atoms with Gasteiger partial charge < -0.3 is 15.3 Å². The molecule has 0 radical (unpaired) electrons. The monoisotopic (exact) mass is 242 g/mol. The maximum absolute atomic E-state index is 11.8. The highest BCUT2D eigenvalue weighted by Gasteiger charge is 2.37. The minimum atomic E-state index is -0.759. The Bertz CT molecular complexity index is 294. The molecule has 1 fully saturated rings. The highest BCUT2D eigenvalue weighted by Crippen LogP contribution is 2.30. The van der Waals surface area contributed by atoms with Gasteiger partial charge in [-0.2, -0.15) is 0 Å². The number of carbonyl (C=O) groups is 2. The number of nitrogens with zero attached hydrogens (tertiary/aromatic N) is 1. The quantitative estimate of drug-likeness (QED) is 0.761. The molecule has 1 saturated heterocycles. The summed E-state index contributed by atoms with van der Waals surface area (Å²) in [5.74, 6) is -0.698. The number of carbonyl (C=O) groups excluding carboxylic acids is 1. The van der Waals surface area contributed by atoms with Gasteiger partial charge in [-0.1, -0.05) is 13.8 Å². The molecule has 5 heteroatoms. The molecule has 0 spiro atoms. The fraction of sp³-hybridized carbons (Fsp3) is 0.833. The zero-order valence-corrected chi connectivity index (χ0v) is 10.8. The van der Waals surface area contributed by atoms with Crippen LogP contribution < -0.4 is 5.32 Å². The van der Waals surface area contributed by atoms with E-state index in [0.29, 0.717) is 32.5 Å². The SMILES string of the molecule is CC(C)NCC(=O)N1CCC(C)(C(=O)O)CC1. The first-order valence-electron chi connectivity index (χ1n) is 6.10.